The molecule has 0 radical (unpaired) electrons. The predicted molar refractivity (Wildman–Crippen MR) is 117 cm³/mol. The zero-order valence-corrected chi connectivity index (χ0v) is 16.9. The number of aromatic hydroxyl groups is 1. The molecule has 0 spiro atoms. The van der Waals surface area contributed by atoms with E-state index >= 15 is 0 Å². The number of para-hydroxylation sites is 1. The Bertz CT molecular complexity index is 863. The quantitative estimate of drug-likeness (QED) is 0.311. The van der Waals surface area contributed by atoms with Crippen LogP contribution in [0.25, 0.3) is 0 Å². The van der Waals surface area contributed by atoms with Crippen molar-refractivity contribution in [2.75, 3.05) is 5.32 Å². The van der Waals surface area contributed by atoms with E-state index in [1.165, 1.54) is 0 Å². The van der Waals surface area contributed by atoms with Crippen LogP contribution >= 0.6 is 45.2 Å². The first kappa shape index (κ1) is 17.2. The molecule has 3 aromatic carbocycles. The second kappa shape index (κ2) is 7.98. The molecule has 24 heavy (non-hydrogen) atoms. The number of nitrogens with zero attached hydrogens (tertiary/aromatic N) is 1. The van der Waals surface area contributed by atoms with Crippen LogP contribution in [0.15, 0.2) is 71.7 Å². The Balaban J connectivity index is 1.75. The predicted octanol–water partition coefficient (Wildman–Crippen LogP) is 6.10. The molecule has 0 aromatic heterocycles. The molecule has 5 heteroatoms. The molecule has 0 saturated carbocycles. The highest BCUT2D eigenvalue weighted by atomic mass is 127. The van der Waals surface area contributed by atoms with Crippen molar-refractivity contribution < 1.29 is 5.11 Å². The summed E-state index contributed by atoms with van der Waals surface area (Å²) in [5.74, 6) is 0.266. The summed E-state index contributed by atoms with van der Waals surface area (Å²) in [6.45, 7) is 0. The fourth-order valence-corrected chi connectivity index (χ4v) is 4.04. The number of phenolic OH excluding ortho intramolecular Hbond substituents is 1. The van der Waals surface area contributed by atoms with Gasteiger partial charge in [-0.05, 0) is 93.7 Å². The SMILES string of the molecule is Oc1c(I)cc(I)cc1C=Nc1ccc(Nc2ccccc2)cc1. The molecule has 0 aliphatic carbocycles. The molecule has 0 unspecified atom stereocenters. The van der Waals surface area contributed by atoms with E-state index in [0.717, 1.165) is 29.8 Å². The molecular weight excluding hydrogens is 526 g/mol. The molecular formula is C19H14I2N2O. The number of hydrogen-bond acceptors (Lipinski definition) is 3. The van der Waals surface area contributed by atoms with Crippen LogP contribution in [0.3, 0.4) is 0 Å². The number of phenols is 1. The number of hydrogen-bond donors (Lipinski definition) is 2. The first-order valence-corrected chi connectivity index (χ1v) is 9.42. The van der Waals surface area contributed by atoms with E-state index in [2.05, 4.69) is 55.5 Å². The summed E-state index contributed by atoms with van der Waals surface area (Å²) >= 11 is 4.35. The lowest BCUT2D eigenvalue weighted by molar-refractivity contribution is 0.470. The highest BCUT2D eigenvalue weighted by Gasteiger charge is 2.05. The third-order valence-electron chi connectivity index (χ3n) is 3.34. The average molecular weight is 540 g/mol. The largest absolute Gasteiger partial charge is 0.506 e. The number of anilines is 2. The number of nitrogens with one attached hydrogen (secondary N) is 1. The van der Waals surface area contributed by atoms with Gasteiger partial charge in [0.2, 0.25) is 0 Å². The Morgan fingerprint density at radius 3 is 2.25 bits per heavy atom. The first-order valence-electron chi connectivity index (χ1n) is 7.26. The Labute approximate surface area is 168 Å². The fraction of sp³-hybridized carbons (Fsp3) is 0. The zero-order chi connectivity index (χ0) is 16.9. The van der Waals surface area contributed by atoms with Gasteiger partial charge in [-0.15, -0.1) is 0 Å². The Morgan fingerprint density at radius 1 is 0.875 bits per heavy atom. The van der Waals surface area contributed by atoms with E-state index in [1.54, 1.807) is 6.21 Å². The van der Waals surface area contributed by atoms with E-state index in [1.807, 2.05) is 66.7 Å². The zero-order valence-electron chi connectivity index (χ0n) is 12.6. The molecule has 3 rings (SSSR count). The third-order valence-corrected chi connectivity index (χ3v) is 4.79. The van der Waals surface area contributed by atoms with Gasteiger partial charge < -0.3 is 10.4 Å². The molecule has 120 valence electrons. The van der Waals surface area contributed by atoms with Crippen LogP contribution in [-0.4, -0.2) is 11.3 Å². The summed E-state index contributed by atoms with van der Waals surface area (Å²) in [4.78, 5) is 4.45. The maximum Gasteiger partial charge on any atom is 0.137 e. The Kier molecular flexibility index (Phi) is 5.72. The summed E-state index contributed by atoms with van der Waals surface area (Å²) in [7, 11) is 0. The van der Waals surface area contributed by atoms with Crippen molar-refractivity contribution in [3.63, 3.8) is 0 Å². The normalized spacial score (nSPS) is 10.9. The van der Waals surface area contributed by atoms with E-state index in [9.17, 15) is 5.11 Å². The Morgan fingerprint density at radius 2 is 1.54 bits per heavy atom. The molecule has 0 amide bonds. The van der Waals surface area contributed by atoms with Crippen molar-refractivity contribution in [3.05, 3.63) is 79.4 Å². The fourth-order valence-electron chi connectivity index (χ4n) is 2.15. The topological polar surface area (TPSA) is 44.6 Å². The summed E-state index contributed by atoms with van der Waals surface area (Å²) < 4.78 is 1.89. The molecule has 0 saturated heterocycles. The lowest BCUT2D eigenvalue weighted by Gasteiger charge is -2.06. The summed E-state index contributed by atoms with van der Waals surface area (Å²) in [6, 6.07) is 21.7. The highest BCUT2D eigenvalue weighted by Crippen LogP contribution is 2.26. The van der Waals surface area contributed by atoms with Gasteiger partial charge in [-0.25, -0.2) is 0 Å². The summed E-state index contributed by atoms with van der Waals surface area (Å²) in [5, 5.41) is 13.4. The van der Waals surface area contributed by atoms with Crippen LogP contribution < -0.4 is 5.32 Å². The van der Waals surface area contributed by atoms with Crippen molar-refractivity contribution in [2.24, 2.45) is 4.99 Å². The molecule has 3 nitrogen and oxygen atoms in total. The van der Waals surface area contributed by atoms with Crippen molar-refractivity contribution in [1.29, 1.82) is 0 Å². The number of rotatable bonds is 4. The van der Waals surface area contributed by atoms with Gasteiger partial charge in [0.25, 0.3) is 0 Å². The molecule has 0 atom stereocenters. The maximum atomic E-state index is 10.1. The van der Waals surface area contributed by atoms with Gasteiger partial charge in [0.15, 0.2) is 0 Å². The molecule has 0 bridgehead atoms. The van der Waals surface area contributed by atoms with Crippen LogP contribution in [0, 0.1) is 7.14 Å². The van der Waals surface area contributed by atoms with Crippen LogP contribution in [-0.2, 0) is 0 Å². The number of benzene rings is 3. The smallest absolute Gasteiger partial charge is 0.137 e. The van der Waals surface area contributed by atoms with E-state index in [4.69, 9.17) is 0 Å². The van der Waals surface area contributed by atoms with Crippen LogP contribution in [0.1, 0.15) is 5.56 Å². The molecule has 3 aromatic rings. The molecule has 0 aliphatic heterocycles. The van der Waals surface area contributed by atoms with Crippen molar-refractivity contribution in [2.45, 2.75) is 0 Å². The molecule has 0 aliphatic rings. The van der Waals surface area contributed by atoms with Gasteiger partial charge in [-0.1, -0.05) is 18.2 Å². The molecule has 2 N–H and O–H groups in total. The standard InChI is InChI=1S/C19H14I2N2O/c20-14-10-13(19(24)18(21)11-14)12-22-15-6-8-17(9-7-15)23-16-4-2-1-3-5-16/h1-12,23-24H. The maximum absolute atomic E-state index is 10.1. The van der Waals surface area contributed by atoms with E-state index in [-0.39, 0.29) is 5.75 Å². The van der Waals surface area contributed by atoms with Crippen molar-refractivity contribution in [1.82, 2.24) is 0 Å². The van der Waals surface area contributed by atoms with Gasteiger partial charge in [0.1, 0.15) is 5.75 Å². The van der Waals surface area contributed by atoms with Crippen LogP contribution in [0.5, 0.6) is 5.75 Å². The van der Waals surface area contributed by atoms with Gasteiger partial charge >= 0.3 is 0 Å². The van der Waals surface area contributed by atoms with Gasteiger partial charge in [0.05, 0.1) is 9.26 Å². The third kappa shape index (κ3) is 4.47. The second-order valence-electron chi connectivity index (χ2n) is 5.12. The molecule has 0 heterocycles. The van der Waals surface area contributed by atoms with Crippen molar-refractivity contribution >= 4 is 68.5 Å². The second-order valence-corrected chi connectivity index (χ2v) is 7.53. The number of aliphatic imine (C=N–C) groups is 1. The van der Waals surface area contributed by atoms with Gasteiger partial charge in [-0.3, -0.25) is 4.99 Å². The minimum atomic E-state index is 0.266. The highest BCUT2D eigenvalue weighted by molar-refractivity contribution is 14.1. The van der Waals surface area contributed by atoms with E-state index in [0.29, 0.717) is 0 Å². The van der Waals surface area contributed by atoms with Crippen LogP contribution in [0.4, 0.5) is 17.1 Å². The average Bonchev–Trinajstić information content (AvgIpc) is 2.59. The minimum absolute atomic E-state index is 0.266. The van der Waals surface area contributed by atoms with Gasteiger partial charge in [0, 0.05) is 26.7 Å². The first-order chi connectivity index (χ1) is 11.6. The van der Waals surface area contributed by atoms with Crippen LogP contribution in [0.2, 0.25) is 0 Å². The lowest BCUT2D eigenvalue weighted by Crippen LogP contribution is -1.89. The number of halogens is 2. The summed E-state index contributed by atoms with van der Waals surface area (Å²) in [5.41, 5.74) is 3.61. The van der Waals surface area contributed by atoms with Gasteiger partial charge in [-0.2, -0.15) is 0 Å². The lowest BCUT2D eigenvalue weighted by atomic mass is 10.2. The molecule has 0 fully saturated rings. The van der Waals surface area contributed by atoms with E-state index < -0.39 is 0 Å². The Hall–Kier alpha value is -1.61. The monoisotopic (exact) mass is 540 g/mol. The summed E-state index contributed by atoms with van der Waals surface area (Å²) in [6.07, 6.45) is 1.69. The minimum Gasteiger partial charge on any atom is -0.506 e. The van der Waals surface area contributed by atoms with Crippen molar-refractivity contribution in [3.8, 4) is 5.75 Å².